The summed E-state index contributed by atoms with van der Waals surface area (Å²) in [6.07, 6.45) is 1.27. The molecular weight excluding hydrogens is 1000 g/mol. The normalized spacial score (nSPS) is 13.8. The van der Waals surface area contributed by atoms with Crippen LogP contribution < -0.4 is 54.4 Å². The van der Waals surface area contributed by atoms with E-state index < -0.39 is 121 Å². The number of aliphatic carboxylic acids is 3. The van der Waals surface area contributed by atoms with E-state index in [1.807, 2.05) is 0 Å². The van der Waals surface area contributed by atoms with E-state index in [2.05, 4.69) is 47.2 Å². The summed E-state index contributed by atoms with van der Waals surface area (Å²) in [5.74, 6) is -10.9. The Morgan fingerprint density at radius 3 is 1.87 bits per heavy atom. The second-order valence-corrected chi connectivity index (χ2v) is 18.9. The van der Waals surface area contributed by atoms with Crippen molar-refractivity contribution in [1.82, 2.24) is 42.2 Å². The maximum absolute atomic E-state index is 14.5. The number of nitrogens with one attached hydrogen (secondary N) is 8. The molecule has 0 aliphatic carbocycles. The topological polar surface area (TPSA) is 442 Å². The Kier molecular flexibility index (Phi) is 25.3. The first-order valence-corrected chi connectivity index (χ1v) is 25.2. The number of nitrogens with zero attached hydrogens (tertiary/aromatic N) is 1. The van der Waals surface area contributed by atoms with Crippen LogP contribution in [-0.4, -0.2) is 158 Å². The van der Waals surface area contributed by atoms with E-state index in [1.54, 1.807) is 50.6 Å². The number of phenols is 1. The van der Waals surface area contributed by atoms with Gasteiger partial charge in [-0.25, -0.2) is 4.79 Å². The Morgan fingerprint density at radius 1 is 0.667 bits per heavy atom. The second kappa shape index (κ2) is 30.9. The Morgan fingerprint density at radius 2 is 1.25 bits per heavy atom. The number of hydrogen-bond acceptors (Lipinski definition) is 14. The fourth-order valence-electron chi connectivity index (χ4n) is 7.47. The first kappa shape index (κ1) is 61.4. The molecule has 7 amide bonds. The molecular formula is C48H68N12O14S. The van der Waals surface area contributed by atoms with Crippen molar-refractivity contribution >= 4 is 87.9 Å². The summed E-state index contributed by atoms with van der Waals surface area (Å²) in [6, 6.07) is 2.20. The number of thioether (sulfide) groups is 1. The first-order chi connectivity index (χ1) is 35.5. The number of carboxylic acids is 3. The van der Waals surface area contributed by atoms with Gasteiger partial charge >= 0.3 is 17.9 Å². The molecule has 410 valence electrons. The fourth-order valence-corrected chi connectivity index (χ4v) is 7.94. The number of benzene rings is 2. The van der Waals surface area contributed by atoms with Crippen LogP contribution in [0.2, 0.25) is 0 Å². The van der Waals surface area contributed by atoms with E-state index in [0.29, 0.717) is 27.8 Å². The number of hydrogen-bond donors (Lipinski definition) is 15. The number of aliphatic imine (C=N–C) groups is 1. The number of amides is 7. The lowest BCUT2D eigenvalue weighted by atomic mass is 9.99. The number of aromatic hydroxyl groups is 1. The molecule has 0 radical (unpaired) electrons. The zero-order valence-electron chi connectivity index (χ0n) is 41.8. The summed E-state index contributed by atoms with van der Waals surface area (Å²) >= 11 is 1.36. The minimum Gasteiger partial charge on any atom is -0.508 e. The molecule has 0 aliphatic rings. The van der Waals surface area contributed by atoms with Crippen molar-refractivity contribution < 1.29 is 68.4 Å². The Labute approximate surface area is 435 Å². The number of phenolic OH excluding ortho intramolecular Hbond substituents is 1. The van der Waals surface area contributed by atoms with Crippen molar-refractivity contribution in [3.63, 3.8) is 0 Å². The maximum atomic E-state index is 14.5. The maximum Gasteiger partial charge on any atom is 0.326 e. The molecule has 2 aromatic carbocycles. The molecule has 26 nitrogen and oxygen atoms in total. The van der Waals surface area contributed by atoms with Gasteiger partial charge in [0.15, 0.2) is 5.96 Å². The van der Waals surface area contributed by atoms with Gasteiger partial charge < -0.3 is 79.8 Å². The van der Waals surface area contributed by atoms with Gasteiger partial charge in [-0.1, -0.05) is 44.2 Å². The minimum absolute atomic E-state index is 0.0138. The average Bonchev–Trinajstić information content (AvgIpc) is 3.76. The summed E-state index contributed by atoms with van der Waals surface area (Å²) in [5.41, 5.74) is 18.4. The number of carbonyl (C=O) groups is 10. The highest BCUT2D eigenvalue weighted by atomic mass is 32.2. The molecule has 3 aromatic rings. The number of carboxylic acid groups (broad SMARTS) is 3. The molecule has 0 saturated carbocycles. The number of aromatic nitrogens is 1. The summed E-state index contributed by atoms with van der Waals surface area (Å²) in [6.45, 7) is 2.83. The van der Waals surface area contributed by atoms with Crippen LogP contribution in [0.25, 0.3) is 10.9 Å². The summed E-state index contributed by atoms with van der Waals surface area (Å²) in [4.78, 5) is 139. The molecule has 3 rings (SSSR count). The van der Waals surface area contributed by atoms with Gasteiger partial charge in [-0.15, -0.1) is 0 Å². The zero-order chi connectivity index (χ0) is 55.8. The van der Waals surface area contributed by atoms with Gasteiger partial charge in [-0.2, -0.15) is 11.8 Å². The summed E-state index contributed by atoms with van der Waals surface area (Å²) in [5, 5.41) is 56.4. The van der Waals surface area contributed by atoms with E-state index in [4.69, 9.17) is 22.3 Å². The van der Waals surface area contributed by atoms with Crippen molar-refractivity contribution in [1.29, 1.82) is 0 Å². The quantitative estimate of drug-likeness (QED) is 0.0183. The van der Waals surface area contributed by atoms with Crippen LogP contribution in [0.1, 0.15) is 69.9 Å². The van der Waals surface area contributed by atoms with Crippen LogP contribution in [0.3, 0.4) is 0 Å². The number of aromatic amines is 1. The van der Waals surface area contributed by atoms with E-state index >= 15 is 0 Å². The van der Waals surface area contributed by atoms with Gasteiger partial charge in [0.05, 0.1) is 19.0 Å². The molecule has 0 spiro atoms. The molecule has 27 heteroatoms. The van der Waals surface area contributed by atoms with Gasteiger partial charge in [-0.3, -0.25) is 48.1 Å². The number of H-pyrrole nitrogens is 1. The third-order valence-electron chi connectivity index (χ3n) is 11.3. The standard InChI is InChI=1S/C48H68N12O14S/c1-25(2)19-34(57-43(69)32(9-6-17-52-48(50)51)56-41(67)30(49)14-15-39(63)64)44(70)59-36(21-27-23-53-31-8-5-4-7-29(27)31)45(71)60-37(22-40(65)66)46(72)58-35(20-26-10-12-28(61)13-11-26)42(68)54-24-38(62)55-33(47(73)74)16-18-75-3/h4-5,7-8,10-13,23,25,30,32-37,53,61H,6,9,14-22,24,49H2,1-3H3,(H,54,68)(H,55,62)(H,56,67)(H,57,69)(H,58,72)(H,59,70)(H,60,71)(H,63,64)(H,65,66)(H,73,74)(H4,50,51,52). The molecule has 7 atom stereocenters. The highest BCUT2D eigenvalue weighted by Crippen LogP contribution is 2.20. The lowest BCUT2D eigenvalue weighted by Gasteiger charge is -2.28. The molecule has 0 fully saturated rings. The first-order valence-electron chi connectivity index (χ1n) is 23.9. The molecule has 18 N–H and O–H groups in total. The number of rotatable bonds is 33. The largest absolute Gasteiger partial charge is 0.508 e. The summed E-state index contributed by atoms with van der Waals surface area (Å²) in [7, 11) is 0. The lowest BCUT2D eigenvalue weighted by molar-refractivity contribution is -0.142. The van der Waals surface area contributed by atoms with Gasteiger partial charge in [0.25, 0.3) is 0 Å². The van der Waals surface area contributed by atoms with Crippen molar-refractivity contribution in [2.45, 2.75) is 114 Å². The number of guanidine groups is 1. The van der Waals surface area contributed by atoms with Crippen molar-refractivity contribution in [2.24, 2.45) is 28.1 Å². The third-order valence-corrected chi connectivity index (χ3v) is 12.0. The van der Waals surface area contributed by atoms with Crippen molar-refractivity contribution in [3.05, 3.63) is 65.9 Å². The van der Waals surface area contributed by atoms with Gasteiger partial charge in [0.1, 0.15) is 42.0 Å². The van der Waals surface area contributed by atoms with Crippen LogP contribution in [-0.2, 0) is 60.8 Å². The minimum atomic E-state index is -1.90. The SMILES string of the molecule is CSCCC(NC(=O)CNC(=O)C(Cc1ccc(O)cc1)NC(=O)C(CC(=O)O)NC(=O)C(Cc1c[nH]c2ccccc12)NC(=O)C(CC(C)C)NC(=O)C(CCCN=C(N)N)NC(=O)C(N)CCC(=O)O)C(=O)O. The molecule has 0 aliphatic heterocycles. The molecule has 1 heterocycles. The molecule has 0 saturated heterocycles. The smallest absolute Gasteiger partial charge is 0.326 e. The lowest BCUT2D eigenvalue weighted by Crippen LogP contribution is -2.60. The number of carbonyl (C=O) groups excluding carboxylic acids is 7. The van der Waals surface area contributed by atoms with E-state index in [-0.39, 0.29) is 69.1 Å². The van der Waals surface area contributed by atoms with Gasteiger partial charge in [-0.05, 0) is 79.4 Å². The predicted molar refractivity (Wildman–Crippen MR) is 276 cm³/mol. The number of fused-ring (bicyclic) bond motifs is 1. The van der Waals surface area contributed by atoms with E-state index in [0.717, 1.165) is 0 Å². The molecule has 75 heavy (non-hydrogen) atoms. The van der Waals surface area contributed by atoms with Crippen LogP contribution in [0, 0.1) is 5.92 Å². The Bertz CT molecular complexity index is 2500. The molecule has 0 bridgehead atoms. The van der Waals surface area contributed by atoms with Crippen LogP contribution in [0.5, 0.6) is 5.75 Å². The number of para-hydroxylation sites is 1. The van der Waals surface area contributed by atoms with Crippen LogP contribution >= 0.6 is 11.8 Å². The predicted octanol–water partition coefficient (Wildman–Crippen LogP) is -1.71. The Hall–Kier alpha value is -7.94. The highest BCUT2D eigenvalue weighted by molar-refractivity contribution is 7.98. The average molecular weight is 1070 g/mol. The highest BCUT2D eigenvalue weighted by Gasteiger charge is 2.35. The van der Waals surface area contributed by atoms with Crippen LogP contribution in [0.4, 0.5) is 0 Å². The fraction of sp³-hybridized carbons (Fsp3) is 0.479. The van der Waals surface area contributed by atoms with Gasteiger partial charge in [0, 0.05) is 42.9 Å². The van der Waals surface area contributed by atoms with Gasteiger partial charge in [0.2, 0.25) is 41.4 Å². The van der Waals surface area contributed by atoms with Crippen molar-refractivity contribution in [3.8, 4) is 5.75 Å². The van der Waals surface area contributed by atoms with Crippen molar-refractivity contribution in [2.75, 3.05) is 25.1 Å². The molecule has 1 aromatic heterocycles. The van der Waals surface area contributed by atoms with E-state index in [9.17, 15) is 63.3 Å². The second-order valence-electron chi connectivity index (χ2n) is 17.9. The monoisotopic (exact) mass is 1070 g/mol. The zero-order valence-corrected chi connectivity index (χ0v) is 42.6. The summed E-state index contributed by atoms with van der Waals surface area (Å²) < 4.78 is 0. The third kappa shape index (κ3) is 22.0. The number of nitrogens with two attached hydrogens (primary N) is 3. The van der Waals surface area contributed by atoms with E-state index in [1.165, 1.54) is 36.0 Å². The van der Waals surface area contributed by atoms with Crippen LogP contribution in [0.15, 0.2) is 59.7 Å². The Balaban J connectivity index is 1.97. The molecule has 7 unspecified atom stereocenters.